The van der Waals surface area contributed by atoms with Crippen molar-refractivity contribution in [3.05, 3.63) is 51.2 Å². The van der Waals surface area contributed by atoms with E-state index >= 15 is 0 Å². The molecule has 1 aromatic heterocycles. The Morgan fingerprint density at radius 1 is 1.39 bits per heavy atom. The van der Waals surface area contributed by atoms with Gasteiger partial charge in [0.1, 0.15) is 5.82 Å². The number of hydrogen-bond acceptors (Lipinski definition) is 3. The van der Waals surface area contributed by atoms with Crippen LogP contribution in [0.25, 0.3) is 0 Å². The maximum Gasteiger partial charge on any atom is 0.126 e. The summed E-state index contributed by atoms with van der Waals surface area (Å²) in [5.74, 6) is -0.143. The second-order valence-corrected chi connectivity index (χ2v) is 5.41. The van der Waals surface area contributed by atoms with E-state index in [4.69, 9.17) is 0 Å². The van der Waals surface area contributed by atoms with Gasteiger partial charge < -0.3 is 5.32 Å². The van der Waals surface area contributed by atoms with Gasteiger partial charge in [0, 0.05) is 17.5 Å². The van der Waals surface area contributed by atoms with E-state index in [1.807, 2.05) is 31.5 Å². The van der Waals surface area contributed by atoms with Crippen LogP contribution in [0.15, 0.2) is 23.7 Å². The molecule has 4 heteroatoms. The molecule has 0 spiro atoms. The molecule has 0 fully saturated rings. The predicted octanol–water partition coefficient (Wildman–Crippen LogP) is 3.75. The minimum absolute atomic E-state index is 0.126. The SMILES string of the molecule is Cc1ccc(C(C)NCc2scnc2C)cc1F. The molecule has 1 aromatic carbocycles. The summed E-state index contributed by atoms with van der Waals surface area (Å²) in [7, 11) is 0. The van der Waals surface area contributed by atoms with Crippen LogP contribution < -0.4 is 5.32 Å². The van der Waals surface area contributed by atoms with Crippen molar-refractivity contribution in [3.8, 4) is 0 Å². The van der Waals surface area contributed by atoms with E-state index in [1.54, 1.807) is 24.3 Å². The van der Waals surface area contributed by atoms with Crippen molar-refractivity contribution in [2.75, 3.05) is 0 Å². The smallest absolute Gasteiger partial charge is 0.126 e. The van der Waals surface area contributed by atoms with Gasteiger partial charge >= 0.3 is 0 Å². The van der Waals surface area contributed by atoms with Gasteiger partial charge in [0.25, 0.3) is 0 Å². The zero-order chi connectivity index (χ0) is 13.1. The third kappa shape index (κ3) is 2.94. The summed E-state index contributed by atoms with van der Waals surface area (Å²) in [6, 6.07) is 5.52. The molecular formula is C14H17FN2S. The summed E-state index contributed by atoms with van der Waals surface area (Å²) < 4.78 is 13.5. The minimum Gasteiger partial charge on any atom is -0.305 e. The fourth-order valence-electron chi connectivity index (χ4n) is 1.74. The van der Waals surface area contributed by atoms with Crippen LogP contribution >= 0.6 is 11.3 Å². The summed E-state index contributed by atoms with van der Waals surface area (Å²) in [5.41, 5.74) is 4.57. The van der Waals surface area contributed by atoms with Crippen molar-refractivity contribution >= 4 is 11.3 Å². The molecular weight excluding hydrogens is 247 g/mol. The Balaban J connectivity index is 2.01. The molecule has 0 amide bonds. The molecule has 1 heterocycles. The Hall–Kier alpha value is -1.26. The number of benzene rings is 1. The zero-order valence-electron chi connectivity index (χ0n) is 10.8. The monoisotopic (exact) mass is 264 g/mol. The standard InChI is InChI=1S/C14H17FN2S/c1-9-4-5-12(6-13(9)15)10(2)16-7-14-11(3)17-8-18-14/h4-6,8,10,16H,7H2,1-3H3. The molecule has 96 valence electrons. The molecule has 2 aromatic rings. The van der Waals surface area contributed by atoms with Crippen molar-refractivity contribution in [1.29, 1.82) is 0 Å². The van der Waals surface area contributed by atoms with Gasteiger partial charge in [0.15, 0.2) is 0 Å². The third-order valence-corrected chi connectivity index (χ3v) is 4.04. The summed E-state index contributed by atoms with van der Waals surface area (Å²) in [6.07, 6.45) is 0. The van der Waals surface area contributed by atoms with Crippen LogP contribution in [0.4, 0.5) is 4.39 Å². The first kappa shape index (κ1) is 13.2. The van der Waals surface area contributed by atoms with E-state index in [2.05, 4.69) is 10.3 Å². The third-order valence-electron chi connectivity index (χ3n) is 3.11. The molecule has 0 aliphatic rings. The number of nitrogens with zero attached hydrogens (tertiary/aromatic N) is 1. The lowest BCUT2D eigenvalue weighted by atomic mass is 10.1. The highest BCUT2D eigenvalue weighted by Gasteiger charge is 2.08. The molecule has 0 saturated heterocycles. The quantitative estimate of drug-likeness (QED) is 0.909. The Morgan fingerprint density at radius 3 is 2.78 bits per heavy atom. The highest BCUT2D eigenvalue weighted by atomic mass is 32.1. The fraction of sp³-hybridized carbons (Fsp3) is 0.357. The van der Waals surface area contributed by atoms with E-state index in [9.17, 15) is 4.39 Å². The van der Waals surface area contributed by atoms with Crippen LogP contribution in [0.1, 0.15) is 34.7 Å². The first-order chi connectivity index (χ1) is 8.58. The van der Waals surface area contributed by atoms with Crippen molar-refractivity contribution in [3.63, 3.8) is 0 Å². The average molecular weight is 264 g/mol. The lowest BCUT2D eigenvalue weighted by Crippen LogP contribution is -2.18. The van der Waals surface area contributed by atoms with Crippen molar-refractivity contribution in [1.82, 2.24) is 10.3 Å². The first-order valence-electron chi connectivity index (χ1n) is 5.96. The van der Waals surface area contributed by atoms with Crippen LogP contribution in [0.3, 0.4) is 0 Å². The average Bonchev–Trinajstić information content (AvgIpc) is 2.75. The molecule has 2 rings (SSSR count). The minimum atomic E-state index is -0.143. The molecule has 0 bridgehead atoms. The van der Waals surface area contributed by atoms with E-state index in [-0.39, 0.29) is 11.9 Å². The number of halogens is 1. The summed E-state index contributed by atoms with van der Waals surface area (Å²) >= 11 is 1.64. The predicted molar refractivity (Wildman–Crippen MR) is 73.2 cm³/mol. The van der Waals surface area contributed by atoms with E-state index < -0.39 is 0 Å². The molecule has 0 radical (unpaired) electrons. The van der Waals surface area contributed by atoms with Crippen molar-refractivity contribution in [2.45, 2.75) is 33.4 Å². The Kier molecular flexibility index (Phi) is 4.09. The van der Waals surface area contributed by atoms with Gasteiger partial charge in [0.2, 0.25) is 0 Å². The fourth-order valence-corrected chi connectivity index (χ4v) is 2.47. The summed E-state index contributed by atoms with van der Waals surface area (Å²) in [5, 5.41) is 3.39. The molecule has 0 aliphatic heterocycles. The van der Waals surface area contributed by atoms with Gasteiger partial charge in [-0.2, -0.15) is 0 Å². The first-order valence-corrected chi connectivity index (χ1v) is 6.84. The zero-order valence-corrected chi connectivity index (χ0v) is 11.6. The second kappa shape index (κ2) is 5.59. The molecule has 0 aliphatic carbocycles. The van der Waals surface area contributed by atoms with Gasteiger partial charge in [-0.25, -0.2) is 9.37 Å². The normalized spacial score (nSPS) is 12.7. The van der Waals surface area contributed by atoms with E-state index in [0.717, 1.165) is 17.8 Å². The number of aryl methyl sites for hydroxylation is 2. The van der Waals surface area contributed by atoms with Gasteiger partial charge in [-0.1, -0.05) is 12.1 Å². The second-order valence-electron chi connectivity index (χ2n) is 4.47. The van der Waals surface area contributed by atoms with Crippen LogP contribution in [0.2, 0.25) is 0 Å². The van der Waals surface area contributed by atoms with Gasteiger partial charge in [-0.15, -0.1) is 11.3 Å². The topological polar surface area (TPSA) is 24.9 Å². The highest BCUT2D eigenvalue weighted by Crippen LogP contribution is 2.18. The van der Waals surface area contributed by atoms with Gasteiger partial charge in [-0.05, 0) is 38.0 Å². The van der Waals surface area contributed by atoms with Crippen molar-refractivity contribution < 1.29 is 4.39 Å². The summed E-state index contributed by atoms with van der Waals surface area (Å²) in [6.45, 7) is 6.59. The van der Waals surface area contributed by atoms with Crippen LogP contribution in [0.5, 0.6) is 0 Å². The van der Waals surface area contributed by atoms with Gasteiger partial charge in [0.05, 0.1) is 11.2 Å². The molecule has 18 heavy (non-hydrogen) atoms. The summed E-state index contributed by atoms with van der Waals surface area (Å²) in [4.78, 5) is 5.44. The van der Waals surface area contributed by atoms with Crippen LogP contribution in [-0.4, -0.2) is 4.98 Å². The maximum atomic E-state index is 13.5. The Labute approximate surface area is 111 Å². The molecule has 0 saturated carbocycles. The Bertz CT molecular complexity index is 536. The highest BCUT2D eigenvalue weighted by molar-refractivity contribution is 7.09. The van der Waals surface area contributed by atoms with Crippen LogP contribution in [0, 0.1) is 19.7 Å². The lowest BCUT2D eigenvalue weighted by molar-refractivity contribution is 0.565. The number of thiazole rings is 1. The number of aromatic nitrogens is 1. The lowest BCUT2D eigenvalue weighted by Gasteiger charge is -2.14. The van der Waals surface area contributed by atoms with E-state index in [0.29, 0.717) is 5.56 Å². The van der Waals surface area contributed by atoms with E-state index in [1.165, 1.54) is 4.88 Å². The van der Waals surface area contributed by atoms with Crippen molar-refractivity contribution in [2.24, 2.45) is 0 Å². The number of hydrogen-bond donors (Lipinski definition) is 1. The molecule has 2 nitrogen and oxygen atoms in total. The van der Waals surface area contributed by atoms with Gasteiger partial charge in [-0.3, -0.25) is 0 Å². The van der Waals surface area contributed by atoms with Crippen LogP contribution in [-0.2, 0) is 6.54 Å². The largest absolute Gasteiger partial charge is 0.305 e. The molecule has 1 atom stereocenters. The number of rotatable bonds is 4. The molecule has 1 unspecified atom stereocenters. The Morgan fingerprint density at radius 2 is 2.17 bits per heavy atom. The maximum absolute atomic E-state index is 13.5. The number of nitrogens with one attached hydrogen (secondary N) is 1. The molecule has 1 N–H and O–H groups in total.